The maximum atomic E-state index is 12.8. The van der Waals surface area contributed by atoms with Crippen molar-refractivity contribution in [3.05, 3.63) is 16.8 Å². The zero-order valence-corrected chi connectivity index (χ0v) is 17.4. The lowest BCUT2D eigenvalue weighted by Gasteiger charge is -2.36. The van der Waals surface area contributed by atoms with Crippen LogP contribution in [0.2, 0.25) is 0 Å². The van der Waals surface area contributed by atoms with E-state index in [9.17, 15) is 10.1 Å². The normalized spacial score (nSPS) is 20.1. The maximum absolute atomic E-state index is 12.8. The number of carbonyl (C=O) groups is 1. The van der Waals surface area contributed by atoms with Crippen molar-refractivity contribution >= 4 is 33.3 Å². The average molecular weight is 398 g/mol. The first kappa shape index (κ1) is 19.1. The summed E-state index contributed by atoms with van der Waals surface area (Å²) in [6.07, 6.45) is 8.00. The van der Waals surface area contributed by atoms with Gasteiger partial charge in [-0.25, -0.2) is 9.97 Å². The Balaban J connectivity index is 1.44. The molecule has 1 amide bonds. The summed E-state index contributed by atoms with van der Waals surface area (Å²) >= 11 is 1.71. The van der Waals surface area contributed by atoms with Gasteiger partial charge in [0.1, 0.15) is 22.5 Å². The van der Waals surface area contributed by atoms with Crippen LogP contribution < -0.4 is 10.2 Å². The molecule has 0 radical (unpaired) electrons. The number of amides is 1. The third-order valence-electron chi connectivity index (χ3n) is 6.39. The molecule has 0 unspecified atom stereocenters. The van der Waals surface area contributed by atoms with Crippen molar-refractivity contribution in [1.29, 1.82) is 5.26 Å². The number of rotatable bonds is 3. The van der Waals surface area contributed by atoms with Gasteiger partial charge in [-0.15, -0.1) is 11.3 Å². The van der Waals surface area contributed by atoms with E-state index in [-0.39, 0.29) is 11.8 Å². The highest BCUT2D eigenvalue weighted by Crippen LogP contribution is 2.36. The fourth-order valence-electron chi connectivity index (χ4n) is 4.52. The van der Waals surface area contributed by atoms with Gasteiger partial charge in [0, 0.05) is 23.9 Å². The third-order valence-corrected chi connectivity index (χ3v) is 7.51. The number of nitriles is 1. The Morgan fingerprint density at radius 1 is 1.25 bits per heavy atom. The number of aryl methyl sites for hydroxylation is 2. The van der Waals surface area contributed by atoms with Gasteiger partial charge in [0.15, 0.2) is 0 Å². The third kappa shape index (κ3) is 3.46. The lowest BCUT2D eigenvalue weighted by atomic mass is 9.82. The molecule has 0 atom stereocenters. The Bertz CT molecular complexity index is 917. The molecule has 7 heteroatoms. The number of hydrogen-bond donors (Lipinski definition) is 1. The first-order valence-corrected chi connectivity index (χ1v) is 11.0. The smallest absolute Gasteiger partial charge is 0.224 e. The van der Waals surface area contributed by atoms with Crippen molar-refractivity contribution in [2.45, 2.75) is 64.3 Å². The van der Waals surface area contributed by atoms with Gasteiger partial charge in [0.05, 0.1) is 11.5 Å². The van der Waals surface area contributed by atoms with E-state index in [1.807, 2.05) is 0 Å². The summed E-state index contributed by atoms with van der Waals surface area (Å²) in [5.41, 5.74) is 0.611. The number of hydrogen-bond acceptors (Lipinski definition) is 6. The first-order valence-electron chi connectivity index (χ1n) is 10.2. The van der Waals surface area contributed by atoms with E-state index in [1.165, 1.54) is 10.4 Å². The van der Waals surface area contributed by atoms with Crippen LogP contribution in [0.1, 0.15) is 55.4 Å². The van der Waals surface area contributed by atoms with Crippen LogP contribution in [0.25, 0.3) is 10.2 Å². The number of nitrogens with one attached hydrogen (secondary N) is 1. The minimum absolute atomic E-state index is 0.0222. The van der Waals surface area contributed by atoms with Gasteiger partial charge in [-0.2, -0.15) is 5.26 Å². The van der Waals surface area contributed by atoms with Gasteiger partial charge in [-0.05, 0) is 45.1 Å². The second kappa shape index (κ2) is 7.67. The fourth-order valence-corrected chi connectivity index (χ4v) is 5.51. The maximum Gasteiger partial charge on any atom is 0.224 e. The SMILES string of the molecule is Cc1sc2ncnc(N3CCC(C(=O)NC4(C#N)CCCCC4)CC3)c2c1C. The molecule has 1 saturated heterocycles. The molecule has 2 aromatic heterocycles. The molecule has 148 valence electrons. The Labute approximate surface area is 170 Å². The van der Waals surface area contributed by atoms with Gasteiger partial charge in [-0.3, -0.25) is 4.79 Å². The van der Waals surface area contributed by atoms with E-state index in [2.05, 4.69) is 40.1 Å². The molecule has 1 aliphatic heterocycles. The van der Waals surface area contributed by atoms with Crippen molar-refractivity contribution in [2.24, 2.45) is 5.92 Å². The average Bonchev–Trinajstić information content (AvgIpc) is 3.02. The van der Waals surface area contributed by atoms with Crippen LogP contribution in [-0.4, -0.2) is 34.5 Å². The number of nitrogens with zero attached hydrogens (tertiary/aromatic N) is 4. The van der Waals surface area contributed by atoms with E-state index in [0.29, 0.717) is 0 Å². The van der Waals surface area contributed by atoms with Crippen LogP contribution >= 0.6 is 11.3 Å². The zero-order chi connectivity index (χ0) is 19.7. The van der Waals surface area contributed by atoms with Crippen molar-refractivity contribution in [3.8, 4) is 6.07 Å². The molecule has 0 bridgehead atoms. The molecule has 0 aromatic carbocycles. The van der Waals surface area contributed by atoms with E-state index in [0.717, 1.165) is 74.1 Å². The summed E-state index contributed by atoms with van der Waals surface area (Å²) in [5.74, 6) is 1.02. The molecule has 2 aromatic rings. The van der Waals surface area contributed by atoms with Crippen LogP contribution in [0, 0.1) is 31.1 Å². The number of fused-ring (bicyclic) bond motifs is 1. The predicted octanol–water partition coefficient (Wildman–Crippen LogP) is 3.87. The molecule has 0 spiro atoms. The van der Waals surface area contributed by atoms with Crippen molar-refractivity contribution in [1.82, 2.24) is 15.3 Å². The molecule has 1 saturated carbocycles. The Morgan fingerprint density at radius 2 is 1.96 bits per heavy atom. The van der Waals surface area contributed by atoms with Crippen molar-refractivity contribution < 1.29 is 4.79 Å². The Kier molecular flexibility index (Phi) is 5.24. The van der Waals surface area contributed by atoms with Crippen molar-refractivity contribution in [3.63, 3.8) is 0 Å². The minimum atomic E-state index is -0.642. The molecule has 2 fully saturated rings. The number of aromatic nitrogens is 2. The van der Waals surface area contributed by atoms with Gasteiger partial charge in [0.25, 0.3) is 0 Å². The monoisotopic (exact) mass is 397 g/mol. The molecule has 2 aliphatic rings. The van der Waals surface area contributed by atoms with Gasteiger partial charge >= 0.3 is 0 Å². The topological polar surface area (TPSA) is 81.9 Å². The minimum Gasteiger partial charge on any atom is -0.356 e. The van der Waals surface area contributed by atoms with Crippen LogP contribution in [0.5, 0.6) is 0 Å². The summed E-state index contributed by atoms with van der Waals surface area (Å²) in [6, 6.07) is 2.39. The molecular weight excluding hydrogens is 370 g/mol. The van der Waals surface area contributed by atoms with E-state index in [1.54, 1.807) is 17.7 Å². The van der Waals surface area contributed by atoms with Crippen LogP contribution in [0.3, 0.4) is 0 Å². The van der Waals surface area contributed by atoms with E-state index in [4.69, 9.17) is 0 Å². The fraction of sp³-hybridized carbons (Fsp3) is 0.619. The molecule has 1 aliphatic carbocycles. The molecule has 1 N–H and O–H groups in total. The predicted molar refractivity (Wildman–Crippen MR) is 111 cm³/mol. The van der Waals surface area contributed by atoms with E-state index < -0.39 is 5.54 Å². The van der Waals surface area contributed by atoms with Crippen LogP contribution in [0.15, 0.2) is 6.33 Å². The molecule has 3 heterocycles. The van der Waals surface area contributed by atoms with E-state index >= 15 is 0 Å². The van der Waals surface area contributed by atoms with Gasteiger partial charge in [-0.1, -0.05) is 19.3 Å². The first-order chi connectivity index (χ1) is 13.5. The lowest BCUT2D eigenvalue weighted by molar-refractivity contribution is -0.127. The van der Waals surface area contributed by atoms with Crippen LogP contribution in [-0.2, 0) is 4.79 Å². The summed E-state index contributed by atoms with van der Waals surface area (Å²) in [7, 11) is 0. The Hall–Kier alpha value is -2.20. The quantitative estimate of drug-likeness (QED) is 0.850. The highest BCUT2D eigenvalue weighted by molar-refractivity contribution is 7.18. The highest BCUT2D eigenvalue weighted by Gasteiger charge is 2.36. The van der Waals surface area contributed by atoms with Crippen LogP contribution in [0.4, 0.5) is 5.82 Å². The van der Waals surface area contributed by atoms with Crippen molar-refractivity contribution in [2.75, 3.05) is 18.0 Å². The summed E-state index contributed by atoms with van der Waals surface area (Å²) in [6.45, 7) is 5.86. The lowest BCUT2D eigenvalue weighted by Crippen LogP contribution is -2.52. The van der Waals surface area contributed by atoms with Gasteiger partial charge in [0.2, 0.25) is 5.91 Å². The number of carbonyl (C=O) groups excluding carboxylic acids is 1. The number of anilines is 1. The largest absolute Gasteiger partial charge is 0.356 e. The standard InChI is InChI=1S/C21H27N5OS/c1-14-15(2)28-20-17(14)18(23-13-24-20)26-10-6-16(7-11-26)19(27)25-21(12-22)8-4-3-5-9-21/h13,16H,3-11H2,1-2H3,(H,25,27). The van der Waals surface area contributed by atoms with Gasteiger partial charge < -0.3 is 10.2 Å². The molecule has 6 nitrogen and oxygen atoms in total. The zero-order valence-electron chi connectivity index (χ0n) is 16.6. The summed E-state index contributed by atoms with van der Waals surface area (Å²) in [5, 5.41) is 13.9. The molecule has 4 rings (SSSR count). The number of piperidine rings is 1. The summed E-state index contributed by atoms with van der Waals surface area (Å²) < 4.78 is 0. The second-order valence-corrected chi connectivity index (χ2v) is 9.37. The highest BCUT2D eigenvalue weighted by atomic mass is 32.1. The number of thiophene rings is 1. The second-order valence-electron chi connectivity index (χ2n) is 8.17. The molecule has 28 heavy (non-hydrogen) atoms. The Morgan fingerprint density at radius 3 is 2.64 bits per heavy atom. The summed E-state index contributed by atoms with van der Waals surface area (Å²) in [4.78, 5) is 26.4. The molecular formula is C21H27N5OS.